The van der Waals surface area contributed by atoms with E-state index in [0.29, 0.717) is 19.0 Å². The van der Waals surface area contributed by atoms with Crippen LogP contribution in [0.2, 0.25) is 0 Å². The average molecular weight is 255 g/mol. The summed E-state index contributed by atoms with van der Waals surface area (Å²) in [5, 5.41) is 6.13. The van der Waals surface area contributed by atoms with Gasteiger partial charge >= 0.3 is 0 Å². The highest BCUT2D eigenvalue weighted by atomic mass is 16.2. The van der Waals surface area contributed by atoms with Gasteiger partial charge in [-0.3, -0.25) is 9.59 Å². The van der Waals surface area contributed by atoms with E-state index < -0.39 is 0 Å². The van der Waals surface area contributed by atoms with Crippen LogP contribution in [0.15, 0.2) is 0 Å². The summed E-state index contributed by atoms with van der Waals surface area (Å²) in [6.45, 7) is 6.97. The summed E-state index contributed by atoms with van der Waals surface area (Å²) in [7, 11) is 1.67. The molecule has 0 aromatic carbocycles. The van der Waals surface area contributed by atoms with Gasteiger partial charge in [0, 0.05) is 31.6 Å². The lowest BCUT2D eigenvalue weighted by molar-refractivity contribution is -0.134. The zero-order chi connectivity index (χ0) is 13.8. The lowest BCUT2D eigenvalue weighted by Gasteiger charge is -2.22. The molecule has 1 rings (SSSR count). The van der Waals surface area contributed by atoms with Gasteiger partial charge < -0.3 is 15.5 Å². The van der Waals surface area contributed by atoms with Gasteiger partial charge in [0.05, 0.1) is 6.54 Å². The number of carbonyl (C=O) groups is 2. The second-order valence-corrected chi connectivity index (χ2v) is 6.02. The molecule has 2 amide bonds. The Morgan fingerprint density at radius 1 is 1.28 bits per heavy atom. The zero-order valence-electron chi connectivity index (χ0n) is 11.9. The number of nitrogens with one attached hydrogen (secondary N) is 2. The molecular weight excluding hydrogens is 230 g/mol. The van der Waals surface area contributed by atoms with Gasteiger partial charge in [-0.05, 0) is 33.6 Å². The Labute approximate surface area is 109 Å². The van der Waals surface area contributed by atoms with E-state index in [0.717, 1.165) is 12.8 Å². The normalized spacial score (nSPS) is 15.3. The van der Waals surface area contributed by atoms with Crippen LogP contribution >= 0.6 is 0 Å². The minimum atomic E-state index is -0.0582. The third-order valence-corrected chi connectivity index (χ3v) is 2.74. The first-order valence-electron chi connectivity index (χ1n) is 6.56. The van der Waals surface area contributed by atoms with Crippen molar-refractivity contribution in [2.75, 3.05) is 20.1 Å². The fourth-order valence-electron chi connectivity index (χ4n) is 1.54. The molecule has 0 atom stereocenters. The molecule has 0 aliphatic heterocycles. The van der Waals surface area contributed by atoms with Gasteiger partial charge in [-0.1, -0.05) is 0 Å². The molecule has 0 spiro atoms. The highest BCUT2D eigenvalue weighted by molar-refractivity contribution is 5.84. The van der Waals surface area contributed by atoms with E-state index in [9.17, 15) is 9.59 Å². The van der Waals surface area contributed by atoms with Crippen LogP contribution in [0.3, 0.4) is 0 Å². The van der Waals surface area contributed by atoms with Gasteiger partial charge in [0.1, 0.15) is 0 Å². The minimum Gasteiger partial charge on any atom is -0.352 e. The Kier molecular flexibility index (Phi) is 5.14. The quantitative estimate of drug-likeness (QED) is 0.726. The smallest absolute Gasteiger partial charge is 0.239 e. The molecule has 0 radical (unpaired) electrons. The van der Waals surface area contributed by atoms with Crippen LogP contribution in [-0.4, -0.2) is 48.4 Å². The topological polar surface area (TPSA) is 61.4 Å². The highest BCUT2D eigenvalue weighted by Gasteiger charge is 2.24. The number of carbonyl (C=O) groups excluding carboxylic acids is 2. The number of hydrogen-bond acceptors (Lipinski definition) is 3. The van der Waals surface area contributed by atoms with E-state index in [1.54, 1.807) is 7.05 Å². The van der Waals surface area contributed by atoms with Crippen molar-refractivity contribution < 1.29 is 9.59 Å². The van der Waals surface area contributed by atoms with E-state index in [1.807, 2.05) is 0 Å². The molecule has 5 heteroatoms. The first-order valence-corrected chi connectivity index (χ1v) is 6.56. The molecule has 5 nitrogen and oxygen atoms in total. The third kappa shape index (κ3) is 6.59. The fourth-order valence-corrected chi connectivity index (χ4v) is 1.54. The first kappa shape index (κ1) is 15.0. The van der Waals surface area contributed by atoms with Crippen LogP contribution in [-0.2, 0) is 9.59 Å². The van der Waals surface area contributed by atoms with Crippen molar-refractivity contribution in [1.29, 1.82) is 0 Å². The van der Waals surface area contributed by atoms with E-state index in [-0.39, 0.29) is 23.9 Å². The lowest BCUT2D eigenvalue weighted by Crippen LogP contribution is -2.42. The molecule has 2 N–H and O–H groups in total. The first-order chi connectivity index (χ1) is 8.28. The summed E-state index contributed by atoms with van der Waals surface area (Å²) < 4.78 is 0. The number of hydrogen-bond donors (Lipinski definition) is 2. The summed E-state index contributed by atoms with van der Waals surface area (Å²) in [5.74, 6) is -0.0603. The van der Waals surface area contributed by atoms with E-state index in [1.165, 1.54) is 4.90 Å². The van der Waals surface area contributed by atoms with Crippen molar-refractivity contribution in [3.05, 3.63) is 0 Å². The maximum Gasteiger partial charge on any atom is 0.239 e. The van der Waals surface area contributed by atoms with E-state index in [2.05, 4.69) is 31.4 Å². The van der Waals surface area contributed by atoms with Gasteiger partial charge in [0.2, 0.25) is 11.8 Å². The summed E-state index contributed by atoms with van der Waals surface area (Å²) in [6, 6.07) is 0.351. The maximum atomic E-state index is 11.8. The molecule has 0 aromatic heterocycles. The Hall–Kier alpha value is -1.10. The fraction of sp³-hybridized carbons (Fsp3) is 0.846. The molecular formula is C13H25N3O2. The van der Waals surface area contributed by atoms with Crippen LogP contribution in [0.25, 0.3) is 0 Å². The monoisotopic (exact) mass is 255 g/mol. The minimum absolute atomic E-state index is 0.00213. The van der Waals surface area contributed by atoms with Crippen LogP contribution in [0.5, 0.6) is 0 Å². The largest absolute Gasteiger partial charge is 0.352 e. The highest BCUT2D eigenvalue weighted by Crippen LogP contribution is 2.18. The van der Waals surface area contributed by atoms with Crippen molar-refractivity contribution in [1.82, 2.24) is 15.5 Å². The lowest BCUT2D eigenvalue weighted by atomic mass is 10.1. The predicted octanol–water partition coefficient (Wildman–Crippen LogP) is 0.502. The van der Waals surface area contributed by atoms with Gasteiger partial charge in [-0.2, -0.15) is 0 Å². The summed E-state index contributed by atoms with van der Waals surface area (Å²) in [5.41, 5.74) is 0.0161. The van der Waals surface area contributed by atoms with Crippen LogP contribution in [0, 0.1) is 0 Å². The van der Waals surface area contributed by atoms with Gasteiger partial charge in [-0.15, -0.1) is 0 Å². The number of nitrogens with zero attached hydrogens (tertiary/aromatic N) is 1. The van der Waals surface area contributed by atoms with Crippen molar-refractivity contribution in [3.63, 3.8) is 0 Å². The van der Waals surface area contributed by atoms with Crippen LogP contribution < -0.4 is 10.6 Å². The van der Waals surface area contributed by atoms with Crippen molar-refractivity contribution in [2.45, 2.75) is 51.6 Å². The second-order valence-electron chi connectivity index (χ2n) is 6.02. The van der Waals surface area contributed by atoms with Crippen molar-refractivity contribution >= 4 is 11.8 Å². The van der Waals surface area contributed by atoms with Crippen molar-refractivity contribution in [2.24, 2.45) is 0 Å². The molecule has 1 fully saturated rings. The predicted molar refractivity (Wildman–Crippen MR) is 71.2 cm³/mol. The average Bonchev–Trinajstić information content (AvgIpc) is 2.99. The Bertz CT molecular complexity index is 306. The third-order valence-electron chi connectivity index (χ3n) is 2.74. The molecule has 0 bridgehead atoms. The molecule has 1 aliphatic rings. The molecule has 0 heterocycles. The standard InChI is InChI=1S/C13H25N3O2/c1-13(2,3)14-8-7-12(18)16(4)9-11(17)15-10-5-6-10/h10,14H,5-9H2,1-4H3,(H,15,17). The number of likely N-dealkylation sites (N-methyl/N-ethyl adjacent to an activating group) is 1. The second kappa shape index (κ2) is 6.18. The zero-order valence-corrected chi connectivity index (χ0v) is 11.9. The molecule has 0 unspecified atom stereocenters. The molecule has 18 heavy (non-hydrogen) atoms. The summed E-state index contributed by atoms with van der Waals surface area (Å²) >= 11 is 0. The number of rotatable bonds is 6. The van der Waals surface area contributed by atoms with E-state index in [4.69, 9.17) is 0 Å². The molecule has 0 saturated heterocycles. The maximum absolute atomic E-state index is 11.8. The molecule has 104 valence electrons. The number of amides is 2. The van der Waals surface area contributed by atoms with Crippen LogP contribution in [0.1, 0.15) is 40.0 Å². The molecule has 1 aliphatic carbocycles. The van der Waals surface area contributed by atoms with E-state index >= 15 is 0 Å². The Morgan fingerprint density at radius 2 is 1.89 bits per heavy atom. The van der Waals surface area contributed by atoms with Crippen LogP contribution in [0.4, 0.5) is 0 Å². The summed E-state index contributed by atoms with van der Waals surface area (Å²) in [4.78, 5) is 24.8. The Morgan fingerprint density at radius 3 is 2.39 bits per heavy atom. The SMILES string of the molecule is CN(CC(=O)NC1CC1)C(=O)CCNC(C)(C)C. The molecule has 0 aromatic rings. The Balaban J connectivity index is 2.17. The summed E-state index contributed by atoms with van der Waals surface area (Å²) in [6.07, 6.45) is 2.56. The van der Waals surface area contributed by atoms with Gasteiger partial charge in [-0.25, -0.2) is 0 Å². The van der Waals surface area contributed by atoms with Gasteiger partial charge in [0.15, 0.2) is 0 Å². The molecule has 1 saturated carbocycles. The van der Waals surface area contributed by atoms with Crippen molar-refractivity contribution in [3.8, 4) is 0 Å². The van der Waals surface area contributed by atoms with Gasteiger partial charge in [0.25, 0.3) is 0 Å².